The first kappa shape index (κ1) is 35.2. The number of rotatable bonds is 13. The number of aliphatic hydroxyl groups is 2. The lowest BCUT2D eigenvalue weighted by molar-refractivity contribution is -0.136. The molecule has 0 spiro atoms. The third kappa shape index (κ3) is 9.00. The van der Waals surface area contributed by atoms with Crippen molar-refractivity contribution >= 4 is 35.3 Å². The maximum Gasteiger partial charge on any atom is 0.419 e. The highest BCUT2D eigenvalue weighted by Crippen LogP contribution is 2.43. The van der Waals surface area contributed by atoms with Gasteiger partial charge in [0.05, 0.1) is 35.7 Å². The van der Waals surface area contributed by atoms with Gasteiger partial charge in [0, 0.05) is 49.2 Å². The molecule has 0 saturated heterocycles. The Morgan fingerprint density at radius 2 is 1.74 bits per heavy atom. The van der Waals surface area contributed by atoms with Crippen molar-refractivity contribution in [1.29, 1.82) is 5.26 Å². The summed E-state index contributed by atoms with van der Waals surface area (Å²) in [7, 11) is 0. The molecule has 2 heterocycles. The van der Waals surface area contributed by atoms with Crippen LogP contribution in [0.5, 0.6) is 0 Å². The zero-order valence-corrected chi connectivity index (χ0v) is 26.1. The van der Waals surface area contributed by atoms with Crippen molar-refractivity contribution in [2.24, 2.45) is 0 Å². The monoisotopic (exact) mass is 664 g/mol. The van der Waals surface area contributed by atoms with Crippen molar-refractivity contribution in [1.82, 2.24) is 20.6 Å². The van der Waals surface area contributed by atoms with Crippen LogP contribution in [0.3, 0.4) is 0 Å². The standard InChI is InChI=1S/C34H32ClF3N6O3/c1-21-15-23(28(35)16-24(21)20-41-12-14-46)6-8-29-27(17-39)25(9-10-42-29)26-3-2-4-30(32(26)34(36,37)38)44-33(47)31-7-5-22(19-43-31)18-40-11-13-45/h2-10,15-16,19,40-41,45-46H,11-14,18,20H2,1H3,(H,44,47)/b8-6+. The molecule has 1 amide bonds. The first-order valence-corrected chi connectivity index (χ1v) is 14.9. The molecule has 9 nitrogen and oxygen atoms in total. The topological polar surface area (TPSA) is 143 Å². The number of pyridine rings is 2. The predicted molar refractivity (Wildman–Crippen MR) is 174 cm³/mol. The number of alkyl halides is 3. The molecule has 0 aliphatic carbocycles. The summed E-state index contributed by atoms with van der Waals surface area (Å²) < 4.78 is 43.9. The molecule has 0 atom stereocenters. The van der Waals surface area contributed by atoms with Crippen LogP contribution < -0.4 is 16.0 Å². The summed E-state index contributed by atoms with van der Waals surface area (Å²) in [6, 6.07) is 13.7. The summed E-state index contributed by atoms with van der Waals surface area (Å²) in [6.45, 7) is 3.55. The largest absolute Gasteiger partial charge is 0.419 e. The molecule has 2 aromatic carbocycles. The number of anilines is 1. The second-order valence-electron chi connectivity index (χ2n) is 10.4. The summed E-state index contributed by atoms with van der Waals surface area (Å²) in [5.74, 6) is -0.844. The van der Waals surface area contributed by atoms with Gasteiger partial charge < -0.3 is 26.2 Å². The normalized spacial score (nSPS) is 11.5. The second-order valence-corrected chi connectivity index (χ2v) is 10.8. The van der Waals surface area contributed by atoms with Crippen LogP contribution in [0.4, 0.5) is 18.9 Å². The summed E-state index contributed by atoms with van der Waals surface area (Å²) in [5, 5.41) is 36.8. The molecule has 0 radical (unpaired) electrons. The zero-order chi connectivity index (χ0) is 34.0. The molecule has 0 bridgehead atoms. The average Bonchev–Trinajstić information content (AvgIpc) is 3.05. The molecule has 47 heavy (non-hydrogen) atoms. The fourth-order valence-electron chi connectivity index (χ4n) is 4.83. The van der Waals surface area contributed by atoms with Crippen LogP contribution >= 0.6 is 11.6 Å². The third-order valence-electron chi connectivity index (χ3n) is 7.13. The van der Waals surface area contributed by atoms with Crippen LogP contribution in [0.2, 0.25) is 5.02 Å². The third-order valence-corrected chi connectivity index (χ3v) is 7.46. The predicted octanol–water partition coefficient (Wildman–Crippen LogP) is 5.58. The highest BCUT2D eigenvalue weighted by molar-refractivity contribution is 6.32. The molecule has 0 saturated carbocycles. The van der Waals surface area contributed by atoms with E-state index in [1.165, 1.54) is 42.7 Å². The van der Waals surface area contributed by atoms with E-state index in [0.717, 1.165) is 22.8 Å². The fourth-order valence-corrected chi connectivity index (χ4v) is 5.08. The van der Waals surface area contributed by atoms with Gasteiger partial charge in [0.25, 0.3) is 5.91 Å². The summed E-state index contributed by atoms with van der Waals surface area (Å²) >= 11 is 6.50. The van der Waals surface area contributed by atoms with Crippen molar-refractivity contribution in [2.45, 2.75) is 26.2 Å². The van der Waals surface area contributed by atoms with Gasteiger partial charge in [-0.15, -0.1) is 0 Å². The Labute approximate surface area is 274 Å². The fraction of sp³-hybridized carbons (Fsp3) is 0.235. The minimum atomic E-state index is -4.90. The van der Waals surface area contributed by atoms with Crippen molar-refractivity contribution < 1.29 is 28.2 Å². The number of nitrogens with one attached hydrogen (secondary N) is 3. The van der Waals surface area contributed by atoms with E-state index in [1.807, 2.05) is 19.1 Å². The zero-order valence-electron chi connectivity index (χ0n) is 25.3. The summed E-state index contributed by atoms with van der Waals surface area (Å²) in [5.41, 5.74) is 1.20. The van der Waals surface area contributed by atoms with E-state index in [4.69, 9.17) is 21.8 Å². The van der Waals surface area contributed by atoms with Gasteiger partial charge >= 0.3 is 6.18 Å². The number of benzene rings is 2. The minimum Gasteiger partial charge on any atom is -0.395 e. The maximum absolute atomic E-state index is 14.6. The van der Waals surface area contributed by atoms with Gasteiger partial charge in [0.1, 0.15) is 11.8 Å². The molecule has 244 valence electrons. The second kappa shape index (κ2) is 16.3. The Morgan fingerprint density at radius 1 is 1.00 bits per heavy atom. The number of aryl methyl sites for hydroxylation is 1. The lowest BCUT2D eigenvalue weighted by Gasteiger charge is -2.19. The van der Waals surface area contributed by atoms with E-state index >= 15 is 0 Å². The molecular weight excluding hydrogens is 633 g/mol. The van der Waals surface area contributed by atoms with E-state index in [0.29, 0.717) is 36.8 Å². The van der Waals surface area contributed by atoms with Crippen molar-refractivity contribution in [3.63, 3.8) is 0 Å². The van der Waals surface area contributed by atoms with Crippen LogP contribution in [-0.4, -0.2) is 52.4 Å². The van der Waals surface area contributed by atoms with Crippen molar-refractivity contribution in [2.75, 3.05) is 31.6 Å². The molecule has 0 fully saturated rings. The first-order chi connectivity index (χ1) is 22.6. The van der Waals surface area contributed by atoms with Crippen LogP contribution in [0.15, 0.2) is 60.9 Å². The molecular formula is C34H32ClF3N6O3. The molecule has 4 rings (SSSR count). The number of hydrogen-bond acceptors (Lipinski definition) is 8. The van der Waals surface area contributed by atoms with Crippen molar-refractivity contribution in [3.05, 3.63) is 111 Å². The average molecular weight is 665 g/mol. The quantitative estimate of drug-likeness (QED) is 0.117. The smallest absolute Gasteiger partial charge is 0.395 e. The number of nitriles is 1. The molecule has 0 aliphatic rings. The summed E-state index contributed by atoms with van der Waals surface area (Å²) in [6.07, 6.45) is 0.977. The number of carbonyl (C=O) groups is 1. The minimum absolute atomic E-state index is 0.00216. The van der Waals surface area contributed by atoms with Gasteiger partial charge in [-0.3, -0.25) is 14.8 Å². The molecule has 5 N–H and O–H groups in total. The highest BCUT2D eigenvalue weighted by atomic mass is 35.5. The number of aliphatic hydroxyl groups excluding tert-OH is 2. The SMILES string of the molecule is Cc1cc(/C=C/c2nccc(-c3cccc(NC(=O)c4ccc(CNCCO)cn4)c3C(F)(F)F)c2C#N)c(Cl)cc1CNCCO. The Balaban J connectivity index is 1.67. The lowest BCUT2D eigenvalue weighted by Crippen LogP contribution is -2.20. The number of nitrogens with zero attached hydrogens (tertiary/aromatic N) is 3. The van der Waals surface area contributed by atoms with Gasteiger partial charge in [-0.05, 0) is 65.1 Å². The summed E-state index contributed by atoms with van der Waals surface area (Å²) in [4.78, 5) is 21.3. The van der Waals surface area contributed by atoms with Crippen LogP contribution in [0.1, 0.15) is 49.6 Å². The highest BCUT2D eigenvalue weighted by Gasteiger charge is 2.38. The van der Waals surface area contributed by atoms with Gasteiger partial charge in [0.2, 0.25) is 0 Å². The molecule has 0 unspecified atom stereocenters. The van der Waals surface area contributed by atoms with Gasteiger partial charge in [-0.2, -0.15) is 18.4 Å². The number of hydrogen-bond donors (Lipinski definition) is 5. The Bertz CT molecular complexity index is 1790. The maximum atomic E-state index is 14.6. The Morgan fingerprint density at radius 3 is 2.40 bits per heavy atom. The number of carbonyl (C=O) groups excluding carboxylic acids is 1. The van der Waals surface area contributed by atoms with Gasteiger partial charge in [-0.1, -0.05) is 41.9 Å². The Hall–Kier alpha value is -4.64. The van der Waals surface area contributed by atoms with Crippen molar-refractivity contribution in [3.8, 4) is 17.2 Å². The van der Waals surface area contributed by atoms with E-state index in [1.54, 1.807) is 18.2 Å². The van der Waals surface area contributed by atoms with E-state index in [-0.39, 0.29) is 41.3 Å². The van der Waals surface area contributed by atoms with Crippen LogP contribution in [0, 0.1) is 18.3 Å². The Kier molecular flexibility index (Phi) is 12.2. The van der Waals surface area contributed by atoms with Gasteiger partial charge in [0.15, 0.2) is 0 Å². The number of aromatic nitrogens is 2. The number of amides is 1. The molecule has 13 heteroatoms. The van der Waals surface area contributed by atoms with E-state index in [2.05, 4.69) is 25.9 Å². The van der Waals surface area contributed by atoms with Crippen LogP contribution in [-0.2, 0) is 19.3 Å². The van der Waals surface area contributed by atoms with Gasteiger partial charge in [-0.25, -0.2) is 0 Å². The van der Waals surface area contributed by atoms with Crippen LogP contribution in [0.25, 0.3) is 23.3 Å². The molecule has 2 aromatic heterocycles. The first-order valence-electron chi connectivity index (χ1n) is 14.5. The lowest BCUT2D eigenvalue weighted by atomic mass is 9.93. The number of halogens is 4. The van der Waals surface area contributed by atoms with E-state index < -0.39 is 23.3 Å². The molecule has 4 aromatic rings. The van der Waals surface area contributed by atoms with E-state index in [9.17, 15) is 23.2 Å². The molecule has 0 aliphatic heterocycles.